The third kappa shape index (κ3) is 5.24. The topological polar surface area (TPSA) is 30.2 Å². The zero-order valence-electron chi connectivity index (χ0n) is 13.9. The predicted molar refractivity (Wildman–Crippen MR) is 87.3 cm³/mol. The van der Waals surface area contributed by atoms with Crippen LogP contribution in [0.3, 0.4) is 0 Å². The zero-order chi connectivity index (χ0) is 22.4. The van der Waals surface area contributed by atoms with E-state index in [1.165, 1.54) is 6.92 Å². The molecule has 0 aliphatic carbocycles. The largest absolute Gasteiger partial charge is 0.433 e. The van der Waals surface area contributed by atoms with E-state index in [1.54, 1.807) is 0 Å². The number of benzene rings is 1. The molecule has 160 valence electrons. The molecule has 0 amide bonds. The fraction of sp³-hybridized carbons (Fsp3) is 0.333. The van der Waals surface area contributed by atoms with Gasteiger partial charge in [0.05, 0.1) is 21.3 Å². The Morgan fingerprint density at radius 3 is 2.00 bits per heavy atom. The molecular weight excluding hydrogens is 509 g/mol. The number of nitrogens with zero attached hydrogens (tertiary/aromatic N) is 3. The third-order valence-electron chi connectivity index (χ3n) is 3.49. The van der Waals surface area contributed by atoms with Crippen LogP contribution in [0.15, 0.2) is 27.7 Å². The van der Waals surface area contributed by atoms with Crippen molar-refractivity contribution >= 4 is 33.2 Å². The van der Waals surface area contributed by atoms with Gasteiger partial charge in [-0.15, -0.1) is 0 Å². The van der Waals surface area contributed by atoms with Gasteiger partial charge < -0.3 is 4.57 Å². The normalized spacial score (nSPS) is 13.9. The smallest absolute Gasteiger partial charge is 0.301 e. The lowest BCUT2D eigenvalue weighted by Crippen LogP contribution is -2.28. The fourth-order valence-electron chi connectivity index (χ4n) is 2.18. The molecule has 0 N–H and O–H groups in total. The van der Waals surface area contributed by atoms with Crippen LogP contribution in [0.4, 0.5) is 45.2 Å². The Hall–Kier alpha value is -1.76. The Kier molecular flexibility index (Phi) is 6.34. The number of rotatable bonds is 2. The highest BCUT2D eigenvalue weighted by Gasteiger charge is 2.39. The van der Waals surface area contributed by atoms with Crippen molar-refractivity contribution in [1.29, 1.82) is 0 Å². The zero-order valence-corrected chi connectivity index (χ0v) is 16.3. The average molecular weight is 517 g/mol. The molecule has 0 spiro atoms. The molecule has 1 aromatic carbocycles. The summed E-state index contributed by atoms with van der Waals surface area (Å²) in [7, 11) is 0. The minimum atomic E-state index is -5.19. The van der Waals surface area contributed by atoms with Crippen molar-refractivity contribution in [1.82, 2.24) is 9.55 Å². The lowest BCUT2D eigenvalue weighted by molar-refractivity contribution is -0.143. The molecule has 0 atom stereocenters. The summed E-state index contributed by atoms with van der Waals surface area (Å²) in [6, 6.07) is 0.588. The Morgan fingerprint density at radius 2 is 1.55 bits per heavy atom. The second-order valence-electron chi connectivity index (χ2n) is 5.47. The van der Waals surface area contributed by atoms with Crippen LogP contribution in [0.25, 0.3) is 0 Å². The molecule has 3 nitrogen and oxygen atoms in total. The molecule has 14 heteroatoms. The molecule has 1 heterocycles. The van der Waals surface area contributed by atoms with Gasteiger partial charge in [0.15, 0.2) is 5.69 Å². The number of halogens is 11. The van der Waals surface area contributed by atoms with Crippen LogP contribution in [0.2, 0.25) is 5.15 Å². The average Bonchev–Trinajstić information content (AvgIpc) is 2.53. The quantitative estimate of drug-likeness (QED) is 0.326. The van der Waals surface area contributed by atoms with Gasteiger partial charge in [-0.3, -0.25) is 0 Å². The van der Waals surface area contributed by atoms with E-state index in [-0.39, 0.29) is 18.7 Å². The van der Waals surface area contributed by atoms with Crippen molar-refractivity contribution in [2.24, 2.45) is 4.99 Å². The maximum absolute atomic E-state index is 13.1. The molecule has 0 unspecified atom stereocenters. The maximum Gasteiger partial charge on any atom is 0.433 e. The van der Waals surface area contributed by atoms with Crippen LogP contribution in [0.5, 0.6) is 0 Å². The Bertz CT molecular complexity index is 991. The molecule has 0 aliphatic heterocycles. The highest BCUT2D eigenvalue weighted by atomic mass is 79.9. The van der Waals surface area contributed by atoms with Gasteiger partial charge in [-0.05, 0) is 35.0 Å². The van der Waals surface area contributed by atoms with Crippen molar-refractivity contribution in [2.75, 3.05) is 0 Å². The lowest BCUT2D eigenvalue weighted by atomic mass is 10.1. The van der Waals surface area contributed by atoms with E-state index in [0.717, 1.165) is 4.57 Å². The van der Waals surface area contributed by atoms with Gasteiger partial charge in [-0.25, -0.2) is 9.98 Å². The van der Waals surface area contributed by atoms with Crippen molar-refractivity contribution < 1.29 is 39.5 Å². The van der Waals surface area contributed by atoms with E-state index in [4.69, 9.17) is 11.6 Å². The second kappa shape index (κ2) is 7.82. The van der Waals surface area contributed by atoms with Gasteiger partial charge in [0, 0.05) is 12.6 Å². The summed E-state index contributed by atoms with van der Waals surface area (Å²) in [5, 5.41) is -0.507. The SMILES string of the molecule is CCn1c(Cl)cc(C(F)(F)F)nc1=Nc1cc(C(F)(F)F)cc(C(F)(F)F)c1Br. The van der Waals surface area contributed by atoms with Gasteiger partial charge in [0.2, 0.25) is 5.62 Å². The number of alkyl halides is 9. The Morgan fingerprint density at radius 1 is 0.966 bits per heavy atom. The van der Waals surface area contributed by atoms with E-state index in [9.17, 15) is 39.5 Å². The van der Waals surface area contributed by atoms with Crippen LogP contribution in [0.1, 0.15) is 23.7 Å². The molecule has 0 bridgehead atoms. The second-order valence-corrected chi connectivity index (χ2v) is 6.65. The summed E-state index contributed by atoms with van der Waals surface area (Å²) >= 11 is 8.27. The highest BCUT2D eigenvalue weighted by Crippen LogP contribution is 2.43. The standard InChI is InChI=1S/C15H8BrClF9N3/c1-2-29-10(17)5-9(15(24,25)26)28-12(29)27-8-4-6(13(18,19)20)3-7(11(8)16)14(21,22)23/h3-5H,2H2,1H3. The van der Waals surface area contributed by atoms with E-state index in [1.807, 2.05) is 0 Å². The van der Waals surface area contributed by atoms with Crippen molar-refractivity contribution in [3.8, 4) is 0 Å². The van der Waals surface area contributed by atoms with Gasteiger partial charge in [-0.2, -0.15) is 39.5 Å². The monoisotopic (exact) mass is 515 g/mol. The molecular formula is C15H8BrClF9N3. The molecule has 0 fully saturated rings. The van der Waals surface area contributed by atoms with Crippen LogP contribution in [-0.4, -0.2) is 9.55 Å². The first-order chi connectivity index (χ1) is 13.1. The first-order valence-electron chi connectivity index (χ1n) is 7.43. The minimum absolute atomic E-state index is 0.106. The van der Waals surface area contributed by atoms with Crippen molar-refractivity contribution in [3.63, 3.8) is 0 Å². The van der Waals surface area contributed by atoms with Crippen LogP contribution in [-0.2, 0) is 25.1 Å². The minimum Gasteiger partial charge on any atom is -0.301 e. The number of hydrogen-bond donors (Lipinski definition) is 0. The van der Waals surface area contributed by atoms with E-state index in [0.29, 0.717) is 6.07 Å². The van der Waals surface area contributed by atoms with Gasteiger partial charge in [0.25, 0.3) is 0 Å². The van der Waals surface area contributed by atoms with Gasteiger partial charge in [0.1, 0.15) is 5.15 Å². The van der Waals surface area contributed by atoms with Crippen LogP contribution < -0.4 is 5.62 Å². The first kappa shape index (κ1) is 23.5. The molecule has 0 radical (unpaired) electrons. The van der Waals surface area contributed by atoms with Gasteiger partial charge >= 0.3 is 18.5 Å². The molecule has 0 aliphatic rings. The molecule has 0 saturated carbocycles. The maximum atomic E-state index is 13.1. The lowest BCUT2D eigenvalue weighted by Gasteiger charge is -2.16. The predicted octanol–water partition coefficient (Wildman–Crippen LogP) is 6.61. The number of aromatic nitrogens is 2. The summed E-state index contributed by atoms with van der Waals surface area (Å²) in [6.45, 7) is 1.31. The molecule has 29 heavy (non-hydrogen) atoms. The molecule has 1 aromatic heterocycles. The summed E-state index contributed by atoms with van der Waals surface area (Å²) in [5.41, 5.74) is -6.64. The molecule has 2 aromatic rings. The van der Waals surface area contributed by atoms with E-state index >= 15 is 0 Å². The summed E-state index contributed by atoms with van der Waals surface area (Å²) in [5.74, 6) is 0. The Labute approximate surface area is 170 Å². The third-order valence-corrected chi connectivity index (χ3v) is 4.64. The van der Waals surface area contributed by atoms with Crippen LogP contribution in [0, 0.1) is 0 Å². The first-order valence-corrected chi connectivity index (χ1v) is 8.60. The Balaban J connectivity index is 2.92. The van der Waals surface area contributed by atoms with Crippen molar-refractivity contribution in [3.05, 3.63) is 50.3 Å². The molecule has 2 rings (SSSR count). The fourth-order valence-corrected chi connectivity index (χ4v) is 3.02. The highest BCUT2D eigenvalue weighted by molar-refractivity contribution is 9.10. The summed E-state index contributed by atoms with van der Waals surface area (Å²) < 4.78 is 117. The molecule has 0 saturated heterocycles. The summed E-state index contributed by atoms with van der Waals surface area (Å²) in [6.07, 6.45) is -15.3. The van der Waals surface area contributed by atoms with E-state index in [2.05, 4.69) is 25.9 Å². The summed E-state index contributed by atoms with van der Waals surface area (Å²) in [4.78, 5) is 6.71. The van der Waals surface area contributed by atoms with Crippen molar-refractivity contribution in [2.45, 2.75) is 32.0 Å². The van der Waals surface area contributed by atoms with Crippen LogP contribution >= 0.6 is 27.5 Å². The van der Waals surface area contributed by atoms with Gasteiger partial charge in [-0.1, -0.05) is 11.6 Å². The van der Waals surface area contributed by atoms with E-state index < -0.39 is 56.3 Å². The number of hydrogen-bond acceptors (Lipinski definition) is 2.